The Balaban J connectivity index is 1.45. The quantitative estimate of drug-likeness (QED) is 0.595. The van der Waals surface area contributed by atoms with Crippen LogP contribution >= 0.6 is 15.9 Å². The van der Waals surface area contributed by atoms with Crippen LogP contribution in [0.4, 0.5) is 0 Å². The first-order valence-electron chi connectivity index (χ1n) is 10.4. The minimum atomic E-state index is -0.444. The Kier molecular flexibility index (Phi) is 6.23. The minimum absolute atomic E-state index is 0.102. The molecule has 0 spiro atoms. The summed E-state index contributed by atoms with van der Waals surface area (Å²) in [6.07, 6.45) is 1.50. The number of likely N-dealkylation sites (tertiary alicyclic amines) is 1. The van der Waals surface area contributed by atoms with E-state index in [1.807, 2.05) is 61.0 Å². The van der Waals surface area contributed by atoms with Gasteiger partial charge in [0, 0.05) is 34.4 Å². The van der Waals surface area contributed by atoms with E-state index in [0.717, 1.165) is 33.5 Å². The number of hydrogen-bond donors (Lipinski definition) is 1. The normalized spacial score (nSPS) is 15.8. The number of benzene rings is 2. The van der Waals surface area contributed by atoms with Crippen molar-refractivity contribution in [1.29, 1.82) is 0 Å². The third-order valence-electron chi connectivity index (χ3n) is 5.79. The zero-order valence-corrected chi connectivity index (χ0v) is 19.2. The second-order valence-corrected chi connectivity index (χ2v) is 8.69. The summed E-state index contributed by atoms with van der Waals surface area (Å²) in [6.45, 7) is 4.94. The SMILES string of the molecule is Cc1nn(-c2ccccc2)c(C)c1CNC(=O)C1CCCN1C(=O)c1ccc(Br)cc1. The molecule has 1 fully saturated rings. The Morgan fingerprint density at radius 2 is 1.81 bits per heavy atom. The second kappa shape index (κ2) is 9.06. The van der Waals surface area contributed by atoms with Gasteiger partial charge in [0.15, 0.2) is 0 Å². The highest BCUT2D eigenvalue weighted by molar-refractivity contribution is 9.10. The number of nitrogens with zero attached hydrogens (tertiary/aromatic N) is 3. The molecule has 2 aromatic carbocycles. The van der Waals surface area contributed by atoms with E-state index < -0.39 is 6.04 Å². The van der Waals surface area contributed by atoms with Crippen molar-refractivity contribution in [3.8, 4) is 5.69 Å². The van der Waals surface area contributed by atoms with Crippen molar-refractivity contribution in [2.75, 3.05) is 6.54 Å². The van der Waals surface area contributed by atoms with E-state index in [2.05, 4.69) is 26.3 Å². The summed E-state index contributed by atoms with van der Waals surface area (Å²) in [5.41, 5.74) is 4.47. The average Bonchev–Trinajstić information content (AvgIpc) is 3.38. The van der Waals surface area contributed by atoms with Crippen LogP contribution in [0.25, 0.3) is 5.69 Å². The van der Waals surface area contributed by atoms with Gasteiger partial charge in [-0.1, -0.05) is 34.1 Å². The van der Waals surface area contributed by atoms with Gasteiger partial charge in [0.25, 0.3) is 5.91 Å². The molecule has 2 amide bonds. The first-order valence-corrected chi connectivity index (χ1v) is 11.2. The number of carbonyl (C=O) groups excluding carboxylic acids is 2. The van der Waals surface area contributed by atoms with Crippen molar-refractivity contribution in [2.24, 2.45) is 0 Å². The fourth-order valence-electron chi connectivity index (χ4n) is 4.09. The maximum Gasteiger partial charge on any atom is 0.254 e. The van der Waals surface area contributed by atoms with Crippen LogP contribution in [0.2, 0.25) is 0 Å². The molecule has 1 atom stereocenters. The molecule has 1 aromatic heterocycles. The second-order valence-electron chi connectivity index (χ2n) is 7.78. The summed E-state index contributed by atoms with van der Waals surface area (Å²) in [5, 5.41) is 7.68. The van der Waals surface area contributed by atoms with Gasteiger partial charge in [0.2, 0.25) is 5.91 Å². The van der Waals surface area contributed by atoms with E-state index >= 15 is 0 Å². The van der Waals surface area contributed by atoms with Crippen LogP contribution in [0, 0.1) is 13.8 Å². The van der Waals surface area contributed by atoms with Gasteiger partial charge in [-0.25, -0.2) is 4.68 Å². The molecule has 160 valence electrons. The maximum atomic E-state index is 13.0. The lowest BCUT2D eigenvalue weighted by atomic mass is 10.1. The predicted molar refractivity (Wildman–Crippen MR) is 123 cm³/mol. The molecular weight excluding hydrogens is 456 g/mol. The molecule has 1 N–H and O–H groups in total. The lowest BCUT2D eigenvalue weighted by Gasteiger charge is -2.24. The van der Waals surface area contributed by atoms with Crippen molar-refractivity contribution in [2.45, 2.75) is 39.3 Å². The summed E-state index contributed by atoms with van der Waals surface area (Å²) in [7, 11) is 0. The molecular formula is C24H25BrN4O2. The molecule has 1 saturated heterocycles. The zero-order valence-electron chi connectivity index (χ0n) is 17.6. The van der Waals surface area contributed by atoms with Gasteiger partial charge in [-0.2, -0.15) is 5.10 Å². The molecule has 0 saturated carbocycles. The van der Waals surface area contributed by atoms with Gasteiger partial charge in [0.1, 0.15) is 6.04 Å². The van der Waals surface area contributed by atoms with Crippen LogP contribution in [0.3, 0.4) is 0 Å². The Hall–Kier alpha value is -2.93. The molecule has 1 aliphatic heterocycles. The summed E-state index contributed by atoms with van der Waals surface area (Å²) < 4.78 is 2.82. The third-order valence-corrected chi connectivity index (χ3v) is 6.32. The number of hydrogen-bond acceptors (Lipinski definition) is 3. The van der Waals surface area contributed by atoms with E-state index in [9.17, 15) is 9.59 Å². The summed E-state index contributed by atoms with van der Waals surface area (Å²) >= 11 is 3.39. The molecule has 0 radical (unpaired) electrons. The minimum Gasteiger partial charge on any atom is -0.350 e. The van der Waals surface area contributed by atoms with Crippen molar-refractivity contribution in [3.05, 3.63) is 81.6 Å². The highest BCUT2D eigenvalue weighted by Crippen LogP contribution is 2.22. The number of nitrogens with one attached hydrogen (secondary N) is 1. The van der Waals surface area contributed by atoms with E-state index in [4.69, 9.17) is 0 Å². The number of para-hydroxylation sites is 1. The van der Waals surface area contributed by atoms with Gasteiger partial charge >= 0.3 is 0 Å². The average molecular weight is 481 g/mol. The third kappa shape index (κ3) is 4.42. The Morgan fingerprint density at radius 1 is 1.10 bits per heavy atom. The number of aryl methyl sites for hydroxylation is 1. The molecule has 6 nitrogen and oxygen atoms in total. The summed E-state index contributed by atoms with van der Waals surface area (Å²) in [5.74, 6) is -0.219. The molecule has 2 heterocycles. The van der Waals surface area contributed by atoms with E-state index in [1.54, 1.807) is 17.0 Å². The number of amides is 2. The number of rotatable bonds is 5. The first-order chi connectivity index (χ1) is 15.0. The van der Waals surface area contributed by atoms with Gasteiger partial charge in [-0.15, -0.1) is 0 Å². The highest BCUT2D eigenvalue weighted by Gasteiger charge is 2.34. The fraction of sp³-hybridized carbons (Fsp3) is 0.292. The maximum absolute atomic E-state index is 13.0. The van der Waals surface area contributed by atoms with Crippen molar-refractivity contribution < 1.29 is 9.59 Å². The smallest absolute Gasteiger partial charge is 0.254 e. The number of aromatic nitrogens is 2. The Bertz CT molecular complexity index is 1090. The standard InChI is InChI=1S/C24H25BrN4O2/c1-16-21(17(2)29(27-16)20-7-4-3-5-8-20)15-26-23(30)22-9-6-14-28(22)24(31)18-10-12-19(25)13-11-18/h3-5,7-8,10-13,22H,6,9,14-15H2,1-2H3,(H,26,30). The molecule has 7 heteroatoms. The summed E-state index contributed by atoms with van der Waals surface area (Å²) in [4.78, 5) is 27.6. The number of halogens is 1. The molecule has 1 unspecified atom stereocenters. The van der Waals surface area contributed by atoms with Gasteiger partial charge in [0.05, 0.1) is 11.4 Å². The van der Waals surface area contributed by atoms with E-state index in [0.29, 0.717) is 25.1 Å². The van der Waals surface area contributed by atoms with Gasteiger partial charge in [-0.3, -0.25) is 9.59 Å². The van der Waals surface area contributed by atoms with Crippen LogP contribution in [0.15, 0.2) is 59.1 Å². The van der Waals surface area contributed by atoms with Gasteiger partial charge < -0.3 is 10.2 Å². The van der Waals surface area contributed by atoms with Crippen molar-refractivity contribution >= 4 is 27.7 Å². The van der Waals surface area contributed by atoms with Crippen LogP contribution in [-0.4, -0.2) is 39.1 Å². The van der Waals surface area contributed by atoms with Crippen molar-refractivity contribution in [1.82, 2.24) is 20.0 Å². The molecule has 0 bridgehead atoms. The highest BCUT2D eigenvalue weighted by atomic mass is 79.9. The van der Waals surface area contributed by atoms with Crippen LogP contribution in [0.5, 0.6) is 0 Å². The van der Waals surface area contributed by atoms with Gasteiger partial charge in [-0.05, 0) is 63.1 Å². The lowest BCUT2D eigenvalue weighted by Crippen LogP contribution is -2.45. The predicted octanol–water partition coefficient (Wildman–Crippen LogP) is 4.17. The van der Waals surface area contributed by atoms with E-state index in [1.165, 1.54) is 0 Å². The van der Waals surface area contributed by atoms with Crippen LogP contribution in [-0.2, 0) is 11.3 Å². The molecule has 1 aliphatic rings. The molecule has 4 rings (SSSR count). The zero-order chi connectivity index (χ0) is 22.0. The van der Waals surface area contributed by atoms with Crippen molar-refractivity contribution in [3.63, 3.8) is 0 Å². The Labute approximate surface area is 190 Å². The van der Waals surface area contributed by atoms with E-state index in [-0.39, 0.29) is 11.8 Å². The number of carbonyl (C=O) groups is 2. The first kappa shape index (κ1) is 21.3. The molecule has 3 aromatic rings. The monoisotopic (exact) mass is 480 g/mol. The molecule has 31 heavy (non-hydrogen) atoms. The summed E-state index contributed by atoms with van der Waals surface area (Å²) in [6, 6.07) is 16.7. The molecule has 0 aliphatic carbocycles. The van der Waals surface area contributed by atoms with Crippen LogP contribution < -0.4 is 5.32 Å². The lowest BCUT2D eigenvalue weighted by molar-refractivity contribution is -0.125. The fourth-order valence-corrected chi connectivity index (χ4v) is 4.35. The Morgan fingerprint density at radius 3 is 2.52 bits per heavy atom. The van der Waals surface area contributed by atoms with Crippen LogP contribution in [0.1, 0.15) is 40.2 Å². The largest absolute Gasteiger partial charge is 0.350 e. The topological polar surface area (TPSA) is 67.2 Å².